The Labute approximate surface area is 178 Å². The molecule has 0 saturated carbocycles. The van der Waals surface area contributed by atoms with Gasteiger partial charge < -0.3 is 14.5 Å². The average molecular weight is 420 g/mol. The highest BCUT2D eigenvalue weighted by Crippen LogP contribution is 2.32. The zero-order valence-electron chi connectivity index (χ0n) is 17.3. The predicted molar refractivity (Wildman–Crippen MR) is 115 cm³/mol. The third kappa shape index (κ3) is 5.18. The van der Waals surface area contributed by atoms with Crippen LogP contribution < -0.4 is 0 Å². The smallest absolute Gasteiger partial charge is 0.277 e. The maximum Gasteiger partial charge on any atom is 0.277 e. The number of likely N-dealkylation sites (N-methyl/N-ethyl adjacent to an activating group) is 1. The van der Waals surface area contributed by atoms with Crippen molar-refractivity contribution in [2.75, 3.05) is 53.0 Å². The van der Waals surface area contributed by atoms with E-state index in [9.17, 15) is 9.59 Å². The third-order valence-electron chi connectivity index (χ3n) is 5.41. The Morgan fingerprint density at radius 3 is 2.28 bits per heavy atom. The summed E-state index contributed by atoms with van der Waals surface area (Å²) in [5, 5.41) is 0.605. The lowest BCUT2D eigenvalue weighted by Gasteiger charge is -2.34. The Morgan fingerprint density at radius 1 is 0.966 bits per heavy atom. The fourth-order valence-electron chi connectivity index (χ4n) is 3.64. The summed E-state index contributed by atoms with van der Waals surface area (Å²) in [4.78, 5) is 32.1. The van der Waals surface area contributed by atoms with Crippen LogP contribution in [0.3, 0.4) is 0 Å². The monoisotopic (exact) mass is 419 g/mol. The molecule has 0 bridgehead atoms. The molecule has 0 spiro atoms. The first-order valence-corrected chi connectivity index (χ1v) is 10.8. The largest absolute Gasteiger partial charge is 0.381 e. The Balaban J connectivity index is 1.78. The Kier molecular flexibility index (Phi) is 7.70. The van der Waals surface area contributed by atoms with Crippen molar-refractivity contribution in [3.05, 3.63) is 40.5 Å². The van der Waals surface area contributed by atoms with Gasteiger partial charge in [-0.3, -0.25) is 14.5 Å². The Morgan fingerprint density at radius 2 is 1.62 bits per heavy atom. The summed E-state index contributed by atoms with van der Waals surface area (Å²) >= 11 is 6.03. The van der Waals surface area contributed by atoms with Crippen LogP contribution in [0.4, 0.5) is 0 Å². The van der Waals surface area contributed by atoms with Gasteiger partial charge in [0.25, 0.3) is 11.8 Å². The third-order valence-corrected chi connectivity index (χ3v) is 5.66. The molecule has 2 amide bonds. The minimum Gasteiger partial charge on any atom is -0.381 e. The summed E-state index contributed by atoms with van der Waals surface area (Å²) in [7, 11) is 2.07. The number of nitrogens with zero attached hydrogens (tertiary/aromatic N) is 3. The normalized spacial score (nSPS) is 18.3. The lowest BCUT2D eigenvalue weighted by Crippen LogP contribution is -2.46. The van der Waals surface area contributed by atoms with Crippen molar-refractivity contribution in [2.24, 2.45) is 0 Å². The lowest BCUT2D eigenvalue weighted by molar-refractivity contribution is -0.137. The van der Waals surface area contributed by atoms with Crippen molar-refractivity contribution >= 4 is 29.0 Å². The van der Waals surface area contributed by atoms with Gasteiger partial charge in [0.1, 0.15) is 5.70 Å². The number of piperazine rings is 1. The van der Waals surface area contributed by atoms with E-state index in [1.807, 2.05) is 12.1 Å². The summed E-state index contributed by atoms with van der Waals surface area (Å²) in [6.07, 6.45) is 2.76. The van der Waals surface area contributed by atoms with Crippen LogP contribution in [0.1, 0.15) is 31.7 Å². The fraction of sp³-hybridized carbons (Fsp3) is 0.545. The van der Waals surface area contributed by atoms with Gasteiger partial charge in [0.2, 0.25) is 0 Å². The molecule has 0 aliphatic carbocycles. The van der Waals surface area contributed by atoms with E-state index in [0.717, 1.165) is 51.2 Å². The number of carbonyl (C=O) groups is 2. The molecule has 0 unspecified atom stereocenters. The zero-order chi connectivity index (χ0) is 20.8. The van der Waals surface area contributed by atoms with Crippen molar-refractivity contribution in [3.63, 3.8) is 0 Å². The first-order chi connectivity index (χ1) is 14.0. The zero-order valence-corrected chi connectivity index (χ0v) is 18.1. The number of amides is 2. The molecule has 0 atom stereocenters. The van der Waals surface area contributed by atoms with Crippen LogP contribution in [0.25, 0.3) is 5.57 Å². The van der Waals surface area contributed by atoms with Gasteiger partial charge >= 0.3 is 0 Å². The highest BCUT2D eigenvalue weighted by molar-refractivity contribution is 6.36. The van der Waals surface area contributed by atoms with Gasteiger partial charge in [-0.1, -0.05) is 37.1 Å². The van der Waals surface area contributed by atoms with E-state index in [1.54, 1.807) is 12.1 Å². The molecule has 1 fully saturated rings. The van der Waals surface area contributed by atoms with Crippen molar-refractivity contribution in [2.45, 2.75) is 26.2 Å². The molecular weight excluding hydrogens is 390 g/mol. The lowest BCUT2D eigenvalue weighted by atomic mass is 10.0. The van der Waals surface area contributed by atoms with E-state index in [-0.39, 0.29) is 11.8 Å². The number of hydrogen-bond acceptors (Lipinski definition) is 5. The summed E-state index contributed by atoms with van der Waals surface area (Å²) in [5.41, 5.74) is 1.75. The quantitative estimate of drug-likeness (QED) is 0.455. The van der Waals surface area contributed by atoms with E-state index in [0.29, 0.717) is 35.9 Å². The van der Waals surface area contributed by atoms with Gasteiger partial charge in [0.15, 0.2) is 0 Å². The van der Waals surface area contributed by atoms with Crippen LogP contribution >= 0.6 is 11.6 Å². The fourth-order valence-corrected chi connectivity index (χ4v) is 3.77. The van der Waals surface area contributed by atoms with Gasteiger partial charge in [-0.2, -0.15) is 0 Å². The van der Waals surface area contributed by atoms with Gasteiger partial charge in [0, 0.05) is 51.0 Å². The van der Waals surface area contributed by atoms with Crippen molar-refractivity contribution in [3.8, 4) is 0 Å². The molecule has 29 heavy (non-hydrogen) atoms. The van der Waals surface area contributed by atoms with Crippen molar-refractivity contribution < 1.29 is 14.3 Å². The number of rotatable bonds is 9. The van der Waals surface area contributed by atoms with Gasteiger partial charge in [-0.25, -0.2) is 0 Å². The van der Waals surface area contributed by atoms with Crippen LogP contribution in [0.15, 0.2) is 30.0 Å². The second-order valence-electron chi connectivity index (χ2n) is 7.60. The second-order valence-corrected chi connectivity index (χ2v) is 8.04. The summed E-state index contributed by atoms with van der Waals surface area (Å²) in [5.74, 6) is -0.419. The first-order valence-electron chi connectivity index (χ1n) is 10.4. The molecule has 0 radical (unpaired) electrons. The molecule has 2 aliphatic rings. The minimum absolute atomic E-state index is 0.196. The predicted octanol–water partition coefficient (Wildman–Crippen LogP) is 2.87. The number of ether oxygens (including phenoxy) is 1. The molecule has 2 aliphatic heterocycles. The number of carbonyl (C=O) groups excluding carboxylic acids is 2. The molecule has 1 aromatic carbocycles. The van der Waals surface area contributed by atoms with Gasteiger partial charge in [-0.05, 0) is 37.6 Å². The molecule has 6 nitrogen and oxygen atoms in total. The number of imide groups is 1. The summed E-state index contributed by atoms with van der Waals surface area (Å²) in [6, 6.07) is 7.15. The number of benzene rings is 1. The molecular formula is C22H30ClN3O3. The van der Waals surface area contributed by atoms with Gasteiger partial charge in [0.05, 0.1) is 5.57 Å². The molecule has 3 rings (SSSR count). The molecule has 0 N–H and O–H groups in total. The highest BCUT2D eigenvalue weighted by Gasteiger charge is 2.41. The highest BCUT2D eigenvalue weighted by atomic mass is 35.5. The SMILES string of the molecule is CCCCOCCCN1C(=O)C(c2ccc(Cl)cc2)=C(N2CCN(C)CC2)C1=O. The molecule has 0 aromatic heterocycles. The number of unbranched alkanes of at least 4 members (excludes halogenated alkanes) is 1. The molecule has 1 saturated heterocycles. The van der Waals surface area contributed by atoms with Crippen LogP contribution in [-0.2, 0) is 14.3 Å². The Hall–Kier alpha value is -1.89. The van der Waals surface area contributed by atoms with E-state index >= 15 is 0 Å². The van der Waals surface area contributed by atoms with Gasteiger partial charge in [-0.15, -0.1) is 0 Å². The number of halogens is 1. The van der Waals surface area contributed by atoms with Crippen molar-refractivity contribution in [1.29, 1.82) is 0 Å². The second kappa shape index (κ2) is 10.2. The van der Waals surface area contributed by atoms with Crippen LogP contribution in [0.5, 0.6) is 0 Å². The van der Waals surface area contributed by atoms with Crippen molar-refractivity contribution in [1.82, 2.24) is 14.7 Å². The van der Waals surface area contributed by atoms with E-state index in [1.165, 1.54) is 4.90 Å². The van der Waals surface area contributed by atoms with Crippen LogP contribution in [0, 0.1) is 0 Å². The number of hydrogen-bond donors (Lipinski definition) is 0. The maximum atomic E-state index is 13.2. The molecule has 1 aromatic rings. The first kappa shape index (κ1) is 21.8. The molecule has 7 heteroatoms. The average Bonchev–Trinajstić information content (AvgIpc) is 2.96. The van der Waals surface area contributed by atoms with E-state index in [2.05, 4.69) is 23.8 Å². The summed E-state index contributed by atoms with van der Waals surface area (Å²) in [6.45, 7) is 6.96. The van der Waals surface area contributed by atoms with Crippen LogP contribution in [0.2, 0.25) is 5.02 Å². The molecule has 2 heterocycles. The van der Waals surface area contributed by atoms with E-state index in [4.69, 9.17) is 16.3 Å². The minimum atomic E-state index is -0.222. The van der Waals surface area contributed by atoms with Crippen LogP contribution in [-0.4, -0.2) is 79.5 Å². The Bertz CT molecular complexity index is 755. The maximum absolute atomic E-state index is 13.2. The molecule has 158 valence electrons. The standard InChI is InChI=1S/C22H30ClN3O3/c1-3-4-15-29-16-5-10-26-21(27)19(17-6-8-18(23)9-7-17)20(22(26)28)25-13-11-24(2)12-14-25/h6-9H,3-5,10-16H2,1-2H3. The topological polar surface area (TPSA) is 53.1 Å². The summed E-state index contributed by atoms with van der Waals surface area (Å²) < 4.78 is 5.59. The van der Waals surface area contributed by atoms with E-state index < -0.39 is 0 Å².